The molecule has 0 amide bonds. The maximum Gasteiger partial charge on any atom is 0.335 e. The number of carboxylic acid groups (broad SMARTS) is 1. The molecule has 100 valence electrons. The van der Waals surface area contributed by atoms with Crippen LogP contribution in [0.2, 0.25) is 0 Å². The maximum atomic E-state index is 10.9. The lowest BCUT2D eigenvalue weighted by molar-refractivity contribution is 0.0696. The fourth-order valence-electron chi connectivity index (χ4n) is 1.55. The van der Waals surface area contributed by atoms with Crippen LogP contribution in [0, 0.1) is 0 Å². The van der Waals surface area contributed by atoms with Crippen molar-refractivity contribution in [1.82, 2.24) is 14.8 Å². The summed E-state index contributed by atoms with van der Waals surface area (Å²) in [7, 11) is 0. The van der Waals surface area contributed by atoms with Gasteiger partial charge in [-0.25, -0.2) is 14.5 Å². The molecule has 2 rings (SSSR count). The highest BCUT2D eigenvalue weighted by atomic mass is 79.9. The first kappa shape index (κ1) is 13.5. The SMILES string of the molecule is CCn1ncnc1COc1cc(C(=O)O)ccc1Br. The molecule has 19 heavy (non-hydrogen) atoms. The molecule has 0 aliphatic heterocycles. The minimum Gasteiger partial charge on any atom is -0.484 e. The fraction of sp³-hybridized carbons (Fsp3) is 0.250. The summed E-state index contributed by atoms with van der Waals surface area (Å²) in [6.07, 6.45) is 1.46. The topological polar surface area (TPSA) is 77.2 Å². The van der Waals surface area contributed by atoms with Gasteiger partial charge >= 0.3 is 5.97 Å². The maximum absolute atomic E-state index is 10.9. The molecule has 0 saturated carbocycles. The highest BCUT2D eigenvalue weighted by molar-refractivity contribution is 9.10. The summed E-state index contributed by atoms with van der Waals surface area (Å²) >= 11 is 3.32. The predicted molar refractivity (Wildman–Crippen MR) is 71.1 cm³/mol. The number of aromatic carboxylic acids is 1. The number of halogens is 1. The summed E-state index contributed by atoms with van der Waals surface area (Å²) in [5, 5.41) is 13.0. The number of benzene rings is 1. The molecule has 6 nitrogen and oxygen atoms in total. The average Bonchev–Trinajstić information content (AvgIpc) is 2.85. The van der Waals surface area contributed by atoms with Crippen molar-refractivity contribution < 1.29 is 14.6 Å². The molecule has 0 fully saturated rings. The van der Waals surface area contributed by atoms with Gasteiger partial charge in [-0.1, -0.05) is 0 Å². The van der Waals surface area contributed by atoms with Crippen LogP contribution in [0.25, 0.3) is 0 Å². The Kier molecular flexibility index (Phi) is 4.16. The first-order chi connectivity index (χ1) is 9.11. The van der Waals surface area contributed by atoms with Crippen molar-refractivity contribution in [3.05, 3.63) is 40.4 Å². The number of carbonyl (C=O) groups is 1. The third kappa shape index (κ3) is 3.11. The molecule has 0 bridgehead atoms. The summed E-state index contributed by atoms with van der Waals surface area (Å²) in [5.74, 6) is 0.162. The van der Waals surface area contributed by atoms with Crippen molar-refractivity contribution in [3.8, 4) is 5.75 Å². The largest absolute Gasteiger partial charge is 0.484 e. The van der Waals surface area contributed by atoms with Crippen molar-refractivity contribution in [3.63, 3.8) is 0 Å². The molecular weight excluding hydrogens is 314 g/mol. The Bertz CT molecular complexity index is 598. The van der Waals surface area contributed by atoms with Gasteiger partial charge in [0.1, 0.15) is 18.7 Å². The van der Waals surface area contributed by atoms with Gasteiger partial charge in [0.15, 0.2) is 5.82 Å². The summed E-state index contributed by atoms with van der Waals surface area (Å²) < 4.78 is 7.99. The van der Waals surface area contributed by atoms with E-state index in [-0.39, 0.29) is 12.2 Å². The van der Waals surface area contributed by atoms with E-state index in [2.05, 4.69) is 26.0 Å². The molecule has 0 aliphatic carbocycles. The van der Waals surface area contributed by atoms with Crippen LogP contribution in [0.3, 0.4) is 0 Å². The Hall–Kier alpha value is -1.89. The lowest BCUT2D eigenvalue weighted by atomic mass is 10.2. The van der Waals surface area contributed by atoms with Crippen LogP contribution < -0.4 is 4.74 Å². The molecule has 0 atom stereocenters. The van der Waals surface area contributed by atoms with Crippen LogP contribution in [0.5, 0.6) is 5.75 Å². The standard InChI is InChI=1S/C12H12BrN3O3/c1-2-16-11(14-7-15-16)6-19-10-5-8(12(17)18)3-4-9(10)13/h3-5,7H,2,6H2,1H3,(H,17,18). The van der Waals surface area contributed by atoms with Gasteiger partial charge in [0, 0.05) is 6.54 Å². The van der Waals surface area contributed by atoms with Crippen LogP contribution in [0.4, 0.5) is 0 Å². The second kappa shape index (κ2) is 5.83. The molecule has 1 aromatic heterocycles. The third-order valence-electron chi connectivity index (χ3n) is 2.53. The zero-order valence-electron chi connectivity index (χ0n) is 10.2. The van der Waals surface area contributed by atoms with Gasteiger partial charge in [-0.05, 0) is 41.1 Å². The van der Waals surface area contributed by atoms with E-state index in [4.69, 9.17) is 9.84 Å². The molecule has 1 aromatic carbocycles. The zero-order chi connectivity index (χ0) is 13.8. The van der Waals surface area contributed by atoms with Crippen LogP contribution in [0.15, 0.2) is 29.0 Å². The molecule has 0 radical (unpaired) electrons. The highest BCUT2D eigenvalue weighted by Gasteiger charge is 2.10. The Labute approximate surface area is 118 Å². The second-order valence-electron chi connectivity index (χ2n) is 3.73. The summed E-state index contributed by atoms with van der Waals surface area (Å²) in [5.41, 5.74) is 0.176. The Balaban J connectivity index is 2.15. The zero-order valence-corrected chi connectivity index (χ0v) is 11.8. The Morgan fingerprint density at radius 2 is 2.32 bits per heavy atom. The number of hydrogen-bond donors (Lipinski definition) is 1. The smallest absolute Gasteiger partial charge is 0.335 e. The number of hydrogen-bond acceptors (Lipinski definition) is 4. The van der Waals surface area contributed by atoms with E-state index < -0.39 is 5.97 Å². The van der Waals surface area contributed by atoms with E-state index >= 15 is 0 Å². The molecule has 2 aromatic rings. The van der Waals surface area contributed by atoms with Crippen LogP contribution in [-0.4, -0.2) is 25.8 Å². The van der Waals surface area contributed by atoms with Gasteiger partial charge in [-0.3, -0.25) is 0 Å². The minimum absolute atomic E-state index is 0.176. The van der Waals surface area contributed by atoms with Gasteiger partial charge in [0.25, 0.3) is 0 Å². The molecule has 0 unspecified atom stereocenters. The van der Waals surface area contributed by atoms with E-state index in [0.29, 0.717) is 22.6 Å². The predicted octanol–water partition coefficient (Wildman–Crippen LogP) is 2.34. The summed E-state index contributed by atoms with van der Waals surface area (Å²) in [4.78, 5) is 15.0. The van der Waals surface area contributed by atoms with Gasteiger partial charge in [-0.2, -0.15) is 5.10 Å². The average molecular weight is 326 g/mol. The number of nitrogens with zero attached hydrogens (tertiary/aromatic N) is 3. The molecule has 1 N–H and O–H groups in total. The number of aromatic nitrogens is 3. The Morgan fingerprint density at radius 1 is 1.53 bits per heavy atom. The Morgan fingerprint density at radius 3 is 3.00 bits per heavy atom. The number of ether oxygens (including phenoxy) is 1. The van der Waals surface area contributed by atoms with Gasteiger partial charge in [-0.15, -0.1) is 0 Å². The first-order valence-electron chi connectivity index (χ1n) is 5.64. The van der Waals surface area contributed by atoms with E-state index in [0.717, 1.165) is 0 Å². The molecule has 1 heterocycles. The lowest BCUT2D eigenvalue weighted by Crippen LogP contribution is -2.08. The minimum atomic E-state index is -0.992. The first-order valence-corrected chi connectivity index (χ1v) is 6.43. The third-order valence-corrected chi connectivity index (χ3v) is 3.19. The number of rotatable bonds is 5. The summed E-state index contributed by atoms with van der Waals surface area (Å²) in [6, 6.07) is 4.62. The van der Waals surface area contributed by atoms with Crippen molar-refractivity contribution in [2.75, 3.05) is 0 Å². The van der Waals surface area contributed by atoms with Crippen molar-refractivity contribution in [2.45, 2.75) is 20.1 Å². The molecule has 0 saturated heterocycles. The van der Waals surface area contributed by atoms with Crippen molar-refractivity contribution >= 4 is 21.9 Å². The number of carboxylic acids is 1. The highest BCUT2D eigenvalue weighted by Crippen LogP contribution is 2.26. The van der Waals surface area contributed by atoms with Crippen LogP contribution in [0.1, 0.15) is 23.1 Å². The second-order valence-corrected chi connectivity index (χ2v) is 4.59. The normalized spacial score (nSPS) is 10.4. The lowest BCUT2D eigenvalue weighted by Gasteiger charge is -2.09. The quantitative estimate of drug-likeness (QED) is 0.912. The van der Waals surface area contributed by atoms with Crippen LogP contribution >= 0.6 is 15.9 Å². The van der Waals surface area contributed by atoms with E-state index in [1.165, 1.54) is 18.5 Å². The fourth-order valence-corrected chi connectivity index (χ4v) is 1.91. The number of aryl methyl sites for hydroxylation is 1. The molecule has 7 heteroatoms. The van der Waals surface area contributed by atoms with Crippen molar-refractivity contribution in [1.29, 1.82) is 0 Å². The molecule has 0 spiro atoms. The van der Waals surface area contributed by atoms with Crippen LogP contribution in [-0.2, 0) is 13.2 Å². The van der Waals surface area contributed by atoms with Crippen molar-refractivity contribution in [2.24, 2.45) is 0 Å². The van der Waals surface area contributed by atoms with E-state index in [1.807, 2.05) is 6.92 Å². The van der Waals surface area contributed by atoms with Gasteiger partial charge < -0.3 is 9.84 Å². The molecule has 0 aliphatic rings. The monoisotopic (exact) mass is 325 g/mol. The van der Waals surface area contributed by atoms with E-state index in [1.54, 1.807) is 10.7 Å². The van der Waals surface area contributed by atoms with E-state index in [9.17, 15) is 4.79 Å². The van der Waals surface area contributed by atoms with Gasteiger partial charge in [0.05, 0.1) is 10.0 Å². The van der Waals surface area contributed by atoms with Gasteiger partial charge in [0.2, 0.25) is 0 Å². The summed E-state index contributed by atoms with van der Waals surface area (Å²) in [6.45, 7) is 2.89. The molecular formula is C12H12BrN3O3.